The van der Waals surface area contributed by atoms with Crippen LogP contribution in [0.3, 0.4) is 0 Å². The molecule has 1 unspecified atom stereocenters. The van der Waals surface area contributed by atoms with E-state index in [0.29, 0.717) is 5.92 Å². The molecule has 0 aliphatic carbocycles. The molecule has 0 fully saturated rings. The van der Waals surface area contributed by atoms with Gasteiger partial charge in [-0.2, -0.15) is 13.7 Å². The molecule has 1 atom stereocenters. The second-order valence-electron chi connectivity index (χ2n) is 2.86. The van der Waals surface area contributed by atoms with Crippen molar-refractivity contribution < 1.29 is 35.7 Å². The molecule has 0 N–H and O–H groups in total. The summed E-state index contributed by atoms with van der Waals surface area (Å²) in [6, 6.07) is 0. The zero-order valence-corrected chi connectivity index (χ0v) is 10.4. The first-order valence-electron chi connectivity index (χ1n) is 4.37. The van der Waals surface area contributed by atoms with Crippen LogP contribution in [0.5, 0.6) is 0 Å². The molecule has 0 aromatic carbocycles. The number of unbranched alkanes of at least 4 members (excludes halogenated alkanes) is 1. The van der Waals surface area contributed by atoms with Crippen molar-refractivity contribution in [2.75, 3.05) is 0 Å². The fourth-order valence-electron chi connectivity index (χ4n) is 0.697. The zero-order valence-electron chi connectivity index (χ0n) is 8.51. The van der Waals surface area contributed by atoms with Gasteiger partial charge in [0.15, 0.2) is 0 Å². The van der Waals surface area contributed by atoms with Crippen molar-refractivity contribution in [2.45, 2.75) is 39.5 Å². The Labute approximate surface area is 96.3 Å². The minimum absolute atomic E-state index is 0. The maximum atomic E-state index is 8.55. The van der Waals surface area contributed by atoms with Crippen molar-refractivity contribution in [2.24, 2.45) is 5.92 Å². The van der Waals surface area contributed by atoms with Gasteiger partial charge in [-0.1, -0.05) is 39.5 Å². The van der Waals surface area contributed by atoms with E-state index in [4.69, 9.17) is 19.2 Å². The molecular formula is C8H17NiO4P-. The number of hydrogen-bond donors (Lipinski definition) is 0. The molecule has 0 heterocycles. The van der Waals surface area contributed by atoms with Crippen LogP contribution in [-0.2, 0) is 21.1 Å². The predicted molar refractivity (Wildman–Crippen MR) is 46.3 cm³/mol. The van der Waals surface area contributed by atoms with Crippen molar-refractivity contribution >= 4 is 7.82 Å². The minimum atomic E-state index is -5.39. The summed E-state index contributed by atoms with van der Waals surface area (Å²) in [6.45, 7) is 8.42. The summed E-state index contributed by atoms with van der Waals surface area (Å²) < 4.78 is 8.55. The van der Waals surface area contributed by atoms with Crippen LogP contribution in [0.15, 0.2) is 0 Å². The maximum Gasteiger partial charge on any atom is 3.00 e. The van der Waals surface area contributed by atoms with Gasteiger partial charge in [-0.15, -0.1) is 0 Å². The molecule has 0 saturated heterocycles. The van der Waals surface area contributed by atoms with Crippen molar-refractivity contribution in [1.82, 2.24) is 0 Å². The van der Waals surface area contributed by atoms with Gasteiger partial charge >= 0.3 is 16.5 Å². The van der Waals surface area contributed by atoms with Crippen molar-refractivity contribution in [3.63, 3.8) is 0 Å². The molecule has 6 heteroatoms. The Balaban J connectivity index is -0.000000177. The Bertz CT molecular complexity index is 140. The Morgan fingerprint density at radius 3 is 1.86 bits per heavy atom. The molecule has 0 saturated carbocycles. The Morgan fingerprint density at radius 2 is 1.64 bits per heavy atom. The molecule has 0 rings (SSSR count). The molecule has 0 spiro atoms. The summed E-state index contributed by atoms with van der Waals surface area (Å²) >= 11 is 0. The van der Waals surface area contributed by atoms with Crippen molar-refractivity contribution in [3.05, 3.63) is 6.92 Å². The standard InChI is InChI=1S/C8H17.Ni.H3O4P/c1-4-6-7-8(3)5-2;;1-5(2,3)4/h8H,3-7H2,1-2H3;;(H3,1,2,3,4)/q-1;+3;/p-3. The largest absolute Gasteiger partial charge is 3.00 e. The summed E-state index contributed by atoms with van der Waals surface area (Å²) in [5.41, 5.74) is 0. The van der Waals surface area contributed by atoms with Gasteiger partial charge in [-0.3, -0.25) is 0 Å². The van der Waals surface area contributed by atoms with Gasteiger partial charge in [-0.25, -0.2) is 0 Å². The molecule has 89 valence electrons. The van der Waals surface area contributed by atoms with Gasteiger partial charge < -0.3 is 26.2 Å². The quantitative estimate of drug-likeness (QED) is 0.414. The van der Waals surface area contributed by atoms with Crippen LogP contribution < -0.4 is 14.7 Å². The minimum Gasteiger partial charge on any atom is -0.822 e. The normalized spacial score (nSPS) is 12.1. The first-order valence-corrected chi connectivity index (χ1v) is 5.83. The van der Waals surface area contributed by atoms with Gasteiger partial charge in [0, 0.05) is 0 Å². The Hall–Kier alpha value is 0.604. The summed E-state index contributed by atoms with van der Waals surface area (Å²) in [5.74, 6) is 0.704. The van der Waals surface area contributed by atoms with Crippen LogP contribution in [0.2, 0.25) is 0 Å². The van der Waals surface area contributed by atoms with E-state index in [9.17, 15) is 0 Å². The first-order chi connectivity index (χ1) is 5.81. The third kappa shape index (κ3) is 38.9. The van der Waals surface area contributed by atoms with Gasteiger partial charge in [0.05, 0.1) is 0 Å². The smallest absolute Gasteiger partial charge is 0.822 e. The SMILES string of the molecule is O=P([O-])([O-])[O-].[CH2-]C(CC)CCCC.[Ni+3]. The fourth-order valence-corrected chi connectivity index (χ4v) is 0.697. The second kappa shape index (κ2) is 11.7. The average molecular weight is 267 g/mol. The number of phosphoric acid groups is 1. The predicted octanol–water partition coefficient (Wildman–Crippen LogP) is 0.210. The van der Waals surface area contributed by atoms with Crippen molar-refractivity contribution in [3.8, 4) is 0 Å². The van der Waals surface area contributed by atoms with Crippen LogP contribution >= 0.6 is 7.82 Å². The fraction of sp³-hybridized carbons (Fsp3) is 0.875. The summed E-state index contributed by atoms with van der Waals surface area (Å²) in [6.07, 6.45) is 5.21. The van der Waals surface area contributed by atoms with Crippen LogP contribution in [0.1, 0.15) is 39.5 Å². The van der Waals surface area contributed by atoms with Crippen molar-refractivity contribution in [1.29, 1.82) is 0 Å². The third-order valence-corrected chi connectivity index (χ3v) is 1.54. The van der Waals surface area contributed by atoms with E-state index >= 15 is 0 Å². The Morgan fingerprint density at radius 1 is 1.29 bits per heavy atom. The molecule has 0 aromatic rings. The van der Waals surface area contributed by atoms with Crippen LogP contribution in [0.4, 0.5) is 0 Å². The third-order valence-electron chi connectivity index (χ3n) is 1.54. The molecule has 0 aliphatic rings. The zero-order chi connectivity index (χ0) is 10.9. The first kappa shape index (κ1) is 20.1. The van der Waals surface area contributed by atoms with Gasteiger partial charge in [0.2, 0.25) is 0 Å². The van der Waals surface area contributed by atoms with Crippen LogP contribution in [0.25, 0.3) is 0 Å². The molecule has 0 bridgehead atoms. The monoisotopic (exact) mass is 266 g/mol. The van der Waals surface area contributed by atoms with E-state index in [0.717, 1.165) is 0 Å². The molecule has 14 heavy (non-hydrogen) atoms. The van der Waals surface area contributed by atoms with Gasteiger partial charge in [0.25, 0.3) is 0 Å². The number of rotatable bonds is 4. The van der Waals surface area contributed by atoms with Gasteiger partial charge in [-0.05, 0) is 0 Å². The molecule has 1 radical (unpaired) electrons. The molecule has 0 amide bonds. The average Bonchev–Trinajstić information content (AvgIpc) is 1.97. The molecule has 0 aromatic heterocycles. The second-order valence-corrected chi connectivity index (χ2v) is 3.76. The topological polar surface area (TPSA) is 86.2 Å². The van der Waals surface area contributed by atoms with E-state index in [1.807, 2.05) is 0 Å². The van der Waals surface area contributed by atoms with E-state index < -0.39 is 7.82 Å². The number of hydrogen-bond acceptors (Lipinski definition) is 4. The summed E-state index contributed by atoms with van der Waals surface area (Å²) in [4.78, 5) is 25.6. The van der Waals surface area contributed by atoms with Gasteiger partial charge in [0.1, 0.15) is 0 Å². The summed E-state index contributed by atoms with van der Waals surface area (Å²) in [5, 5.41) is 0. The maximum absolute atomic E-state index is 8.55. The van der Waals surface area contributed by atoms with E-state index in [-0.39, 0.29) is 16.5 Å². The molecule has 0 aliphatic heterocycles. The van der Waals surface area contributed by atoms with E-state index in [1.165, 1.54) is 25.7 Å². The Kier molecular flexibility index (Phi) is 16.7. The van der Waals surface area contributed by atoms with Crippen LogP contribution in [0, 0.1) is 12.8 Å². The van der Waals surface area contributed by atoms with Crippen LogP contribution in [-0.4, -0.2) is 0 Å². The molecule has 4 nitrogen and oxygen atoms in total. The van der Waals surface area contributed by atoms with E-state index in [2.05, 4.69) is 20.8 Å². The molecular weight excluding hydrogens is 250 g/mol. The summed E-state index contributed by atoms with van der Waals surface area (Å²) in [7, 11) is -5.39. The van der Waals surface area contributed by atoms with E-state index in [1.54, 1.807) is 0 Å².